The molecule has 0 fully saturated rings. The molecular formula is C23H20O4. The van der Waals surface area contributed by atoms with Crippen LogP contribution in [0.5, 0.6) is 0 Å². The molecule has 2 bridgehead atoms. The Morgan fingerprint density at radius 3 is 2.48 bits per heavy atom. The van der Waals surface area contributed by atoms with Gasteiger partial charge in [0.25, 0.3) is 0 Å². The van der Waals surface area contributed by atoms with E-state index >= 15 is 0 Å². The monoisotopic (exact) mass is 360 g/mol. The molecule has 0 spiro atoms. The zero-order valence-corrected chi connectivity index (χ0v) is 15.2. The lowest BCUT2D eigenvalue weighted by Gasteiger charge is -2.47. The summed E-state index contributed by atoms with van der Waals surface area (Å²) in [7, 11) is 0. The van der Waals surface area contributed by atoms with Gasteiger partial charge < -0.3 is 9.47 Å². The van der Waals surface area contributed by atoms with Crippen molar-refractivity contribution in [3.05, 3.63) is 82.1 Å². The third kappa shape index (κ3) is 2.33. The van der Waals surface area contributed by atoms with Gasteiger partial charge in [0.15, 0.2) is 11.5 Å². The first kappa shape index (κ1) is 16.5. The van der Waals surface area contributed by atoms with E-state index in [2.05, 4.69) is 13.0 Å². The van der Waals surface area contributed by atoms with E-state index in [4.69, 9.17) is 9.47 Å². The zero-order chi connectivity index (χ0) is 18.6. The summed E-state index contributed by atoms with van der Waals surface area (Å²) in [4.78, 5) is 26.4. The van der Waals surface area contributed by atoms with Gasteiger partial charge in [0.1, 0.15) is 6.10 Å². The second-order valence-electron chi connectivity index (χ2n) is 7.44. The van der Waals surface area contributed by atoms with Gasteiger partial charge in [-0.2, -0.15) is 0 Å². The Hall–Kier alpha value is -2.72. The number of ketones is 2. The first-order valence-electron chi connectivity index (χ1n) is 9.51. The van der Waals surface area contributed by atoms with Crippen LogP contribution in [0.4, 0.5) is 0 Å². The number of hydrogen-bond acceptors (Lipinski definition) is 4. The molecule has 5 rings (SSSR count). The fraction of sp³-hybridized carbons (Fsp3) is 0.304. The van der Waals surface area contributed by atoms with E-state index in [1.54, 1.807) is 24.3 Å². The van der Waals surface area contributed by atoms with Crippen LogP contribution in [-0.4, -0.2) is 17.4 Å². The van der Waals surface area contributed by atoms with Crippen LogP contribution in [0.3, 0.4) is 0 Å². The maximum atomic E-state index is 13.3. The SMILES string of the molecule is CCCC[C@]12Cc3ccccc3[C@H](O1)C1=C(O2)C(=O)c2ccccc2C1=O. The van der Waals surface area contributed by atoms with Crippen molar-refractivity contribution >= 4 is 11.6 Å². The molecule has 0 N–H and O–H groups in total. The molecule has 0 saturated carbocycles. The van der Waals surface area contributed by atoms with Crippen molar-refractivity contribution in [2.24, 2.45) is 0 Å². The Morgan fingerprint density at radius 1 is 1.00 bits per heavy atom. The molecule has 4 nitrogen and oxygen atoms in total. The van der Waals surface area contributed by atoms with Crippen LogP contribution < -0.4 is 0 Å². The van der Waals surface area contributed by atoms with Crippen molar-refractivity contribution in [2.45, 2.75) is 44.5 Å². The van der Waals surface area contributed by atoms with Gasteiger partial charge in [0.05, 0.1) is 5.57 Å². The molecule has 0 radical (unpaired) electrons. The second-order valence-corrected chi connectivity index (χ2v) is 7.44. The Labute approximate surface area is 157 Å². The van der Waals surface area contributed by atoms with E-state index in [0.717, 1.165) is 24.0 Å². The predicted octanol–water partition coefficient (Wildman–Crippen LogP) is 4.55. The molecule has 2 aliphatic heterocycles. The van der Waals surface area contributed by atoms with Gasteiger partial charge in [-0.25, -0.2) is 0 Å². The minimum Gasteiger partial charge on any atom is -0.457 e. The number of benzene rings is 2. The molecule has 27 heavy (non-hydrogen) atoms. The lowest BCUT2D eigenvalue weighted by atomic mass is 9.78. The highest BCUT2D eigenvalue weighted by molar-refractivity contribution is 6.26. The number of hydrogen-bond donors (Lipinski definition) is 0. The fourth-order valence-electron chi connectivity index (χ4n) is 4.38. The molecule has 0 saturated heterocycles. The molecule has 2 aromatic carbocycles. The average molecular weight is 360 g/mol. The summed E-state index contributed by atoms with van der Waals surface area (Å²) in [6.07, 6.45) is 2.65. The summed E-state index contributed by atoms with van der Waals surface area (Å²) in [5.74, 6) is -1.09. The summed E-state index contributed by atoms with van der Waals surface area (Å²) in [6.45, 7) is 2.12. The zero-order valence-electron chi connectivity index (χ0n) is 15.2. The molecule has 0 unspecified atom stereocenters. The summed E-state index contributed by atoms with van der Waals surface area (Å²) in [6, 6.07) is 14.9. The number of Topliss-reactive ketones (excluding diaryl/α,β-unsaturated/α-hetero) is 2. The highest BCUT2D eigenvalue weighted by Crippen LogP contribution is 2.51. The predicted molar refractivity (Wildman–Crippen MR) is 99.4 cm³/mol. The summed E-state index contributed by atoms with van der Waals surface area (Å²) in [5, 5.41) is 0. The standard InChI is InChI=1S/C23H20O4/c1-2-3-12-23-13-14-8-4-5-9-15(14)21(26-23)18-19(24)16-10-6-7-11-17(16)20(25)22(18)27-23/h4-11,21H,2-3,12-13H2,1H3/t21-,23-/m0/s1. The van der Waals surface area contributed by atoms with Crippen LogP contribution >= 0.6 is 0 Å². The number of unbranched alkanes of at least 4 members (excludes halogenated alkanes) is 1. The van der Waals surface area contributed by atoms with Crippen LogP contribution in [-0.2, 0) is 15.9 Å². The Balaban J connectivity index is 1.71. The Bertz CT molecular complexity index is 1000. The Morgan fingerprint density at radius 2 is 1.70 bits per heavy atom. The van der Waals surface area contributed by atoms with Crippen LogP contribution in [0.1, 0.15) is 64.1 Å². The summed E-state index contributed by atoms with van der Waals surface area (Å²) in [5.41, 5.74) is 3.27. The molecule has 2 heterocycles. The van der Waals surface area contributed by atoms with Gasteiger partial charge in [0, 0.05) is 24.0 Å². The number of allylic oxidation sites excluding steroid dienone is 1. The Kier molecular flexibility index (Phi) is 3.59. The molecule has 4 heteroatoms. The third-order valence-electron chi connectivity index (χ3n) is 5.70. The molecule has 1 aliphatic carbocycles. The highest BCUT2D eigenvalue weighted by Gasteiger charge is 2.52. The van der Waals surface area contributed by atoms with Crippen molar-refractivity contribution in [1.82, 2.24) is 0 Å². The quantitative estimate of drug-likeness (QED) is 0.806. The van der Waals surface area contributed by atoms with Crippen molar-refractivity contribution in [3.8, 4) is 0 Å². The lowest BCUT2D eigenvalue weighted by Crippen LogP contribution is -2.49. The van der Waals surface area contributed by atoms with Gasteiger partial charge in [-0.05, 0) is 17.5 Å². The van der Waals surface area contributed by atoms with Crippen LogP contribution in [0, 0.1) is 0 Å². The summed E-state index contributed by atoms with van der Waals surface area (Å²) >= 11 is 0. The minimum absolute atomic E-state index is 0.175. The maximum Gasteiger partial charge on any atom is 0.228 e. The van der Waals surface area contributed by atoms with Crippen molar-refractivity contribution in [2.75, 3.05) is 0 Å². The molecule has 3 aliphatic rings. The molecule has 136 valence electrons. The smallest absolute Gasteiger partial charge is 0.228 e. The second kappa shape index (κ2) is 5.89. The third-order valence-corrected chi connectivity index (χ3v) is 5.70. The highest BCUT2D eigenvalue weighted by atomic mass is 16.7. The van der Waals surface area contributed by atoms with E-state index in [1.165, 1.54) is 0 Å². The van der Waals surface area contributed by atoms with Crippen molar-refractivity contribution in [3.63, 3.8) is 0 Å². The molecule has 2 aromatic rings. The summed E-state index contributed by atoms with van der Waals surface area (Å²) < 4.78 is 12.6. The van der Waals surface area contributed by atoms with Gasteiger partial charge in [-0.15, -0.1) is 0 Å². The number of carbonyl (C=O) groups is 2. The average Bonchev–Trinajstić information content (AvgIpc) is 2.70. The number of fused-ring (bicyclic) bond motifs is 6. The van der Waals surface area contributed by atoms with Crippen molar-refractivity contribution < 1.29 is 19.1 Å². The molecular weight excluding hydrogens is 340 g/mol. The van der Waals surface area contributed by atoms with Gasteiger partial charge in [-0.1, -0.05) is 61.9 Å². The van der Waals surface area contributed by atoms with Crippen LogP contribution in [0.25, 0.3) is 0 Å². The largest absolute Gasteiger partial charge is 0.457 e. The van der Waals surface area contributed by atoms with Crippen LogP contribution in [0.2, 0.25) is 0 Å². The van der Waals surface area contributed by atoms with Gasteiger partial charge in [0.2, 0.25) is 11.6 Å². The maximum absolute atomic E-state index is 13.3. The van der Waals surface area contributed by atoms with Gasteiger partial charge >= 0.3 is 0 Å². The first-order valence-corrected chi connectivity index (χ1v) is 9.51. The van der Waals surface area contributed by atoms with E-state index in [0.29, 0.717) is 29.5 Å². The van der Waals surface area contributed by atoms with E-state index in [1.807, 2.05) is 18.2 Å². The topological polar surface area (TPSA) is 52.6 Å². The lowest BCUT2D eigenvalue weighted by molar-refractivity contribution is -0.258. The molecule has 2 atom stereocenters. The van der Waals surface area contributed by atoms with E-state index in [-0.39, 0.29) is 17.3 Å². The van der Waals surface area contributed by atoms with Crippen LogP contribution in [0.15, 0.2) is 59.9 Å². The first-order chi connectivity index (χ1) is 13.1. The van der Waals surface area contributed by atoms with E-state index < -0.39 is 11.9 Å². The van der Waals surface area contributed by atoms with Gasteiger partial charge in [-0.3, -0.25) is 9.59 Å². The minimum atomic E-state index is -0.879. The van der Waals surface area contributed by atoms with E-state index in [9.17, 15) is 9.59 Å². The number of carbonyl (C=O) groups excluding carboxylic acids is 2. The normalized spacial score (nSPS) is 25.4. The molecule has 0 aromatic heterocycles. The molecule has 0 amide bonds. The number of rotatable bonds is 3. The van der Waals surface area contributed by atoms with Crippen molar-refractivity contribution in [1.29, 1.82) is 0 Å². The number of ether oxygens (including phenoxy) is 2. The fourth-order valence-corrected chi connectivity index (χ4v) is 4.38.